The molecule has 1 aromatic carbocycles. The minimum Gasteiger partial charge on any atom is -0.464 e. The highest BCUT2D eigenvalue weighted by Gasteiger charge is 2.19. The Morgan fingerprint density at radius 2 is 2.25 bits per heavy atom. The molecule has 0 saturated carbocycles. The van der Waals surface area contributed by atoms with E-state index in [4.69, 9.17) is 9.94 Å². The van der Waals surface area contributed by atoms with Crippen LogP contribution in [0.1, 0.15) is 16.2 Å². The molecule has 2 aromatic heterocycles. The first kappa shape index (κ1) is 15.7. The van der Waals surface area contributed by atoms with Gasteiger partial charge in [0.1, 0.15) is 17.2 Å². The first-order valence-electron chi connectivity index (χ1n) is 7.09. The predicted molar refractivity (Wildman–Crippen MR) is 88.1 cm³/mol. The molecule has 0 radical (unpaired) electrons. The molecule has 24 heavy (non-hydrogen) atoms. The van der Waals surface area contributed by atoms with Crippen molar-refractivity contribution in [1.82, 2.24) is 9.55 Å². The third-order valence-corrected chi connectivity index (χ3v) is 3.72. The Labute approximate surface area is 136 Å². The van der Waals surface area contributed by atoms with Crippen molar-refractivity contribution in [1.29, 1.82) is 0 Å². The predicted octanol–water partition coefficient (Wildman–Crippen LogP) is 3.11. The molecule has 0 bridgehead atoms. The van der Waals surface area contributed by atoms with Crippen LogP contribution in [0.5, 0.6) is 0 Å². The highest BCUT2D eigenvalue weighted by atomic mass is 19.1. The summed E-state index contributed by atoms with van der Waals surface area (Å²) in [5, 5.41) is 13.2. The maximum atomic E-state index is 13.7. The van der Waals surface area contributed by atoms with Gasteiger partial charge < -0.3 is 14.5 Å². The molecule has 0 aliphatic heterocycles. The molecule has 0 atom stereocenters. The van der Waals surface area contributed by atoms with E-state index in [1.807, 2.05) is 4.57 Å². The number of hydrogen-bond donors (Lipinski definition) is 1. The molecular formula is C17H14FN3O3. The summed E-state index contributed by atoms with van der Waals surface area (Å²) in [6, 6.07) is 5.93. The van der Waals surface area contributed by atoms with Crippen LogP contribution < -0.4 is 0 Å². The number of fused-ring (bicyclic) bond motifs is 3. The Hall–Kier alpha value is -3.22. The molecule has 0 aliphatic carbocycles. The lowest BCUT2D eigenvalue weighted by Gasteiger charge is -2.07. The van der Waals surface area contributed by atoms with Gasteiger partial charge in [-0.25, -0.2) is 14.2 Å². The van der Waals surface area contributed by atoms with Crippen molar-refractivity contribution in [3.05, 3.63) is 54.1 Å². The van der Waals surface area contributed by atoms with E-state index in [0.29, 0.717) is 22.8 Å². The fraction of sp³-hybridized carbons (Fsp3) is 0.118. The number of rotatable bonds is 4. The number of benzene rings is 1. The fourth-order valence-electron chi connectivity index (χ4n) is 2.80. The van der Waals surface area contributed by atoms with Gasteiger partial charge in [-0.3, -0.25) is 0 Å². The summed E-state index contributed by atoms with van der Waals surface area (Å²) >= 11 is 0. The van der Waals surface area contributed by atoms with Crippen LogP contribution in [0, 0.1) is 5.82 Å². The van der Waals surface area contributed by atoms with Crippen molar-refractivity contribution in [2.45, 2.75) is 6.54 Å². The van der Waals surface area contributed by atoms with Gasteiger partial charge in [-0.05, 0) is 24.3 Å². The van der Waals surface area contributed by atoms with Crippen molar-refractivity contribution in [2.75, 3.05) is 7.11 Å². The van der Waals surface area contributed by atoms with Crippen LogP contribution >= 0.6 is 0 Å². The van der Waals surface area contributed by atoms with E-state index in [9.17, 15) is 9.18 Å². The van der Waals surface area contributed by atoms with Crippen LogP contribution in [0.25, 0.3) is 21.8 Å². The molecule has 0 saturated heterocycles. The number of aromatic nitrogens is 2. The third-order valence-electron chi connectivity index (χ3n) is 3.72. The number of carbonyl (C=O) groups is 1. The molecule has 0 aliphatic rings. The smallest absolute Gasteiger partial charge is 0.356 e. The summed E-state index contributed by atoms with van der Waals surface area (Å²) in [5.74, 6) is -1.03. The quantitative estimate of drug-likeness (QED) is 0.263. The number of hydrogen-bond acceptors (Lipinski definition) is 5. The Morgan fingerprint density at radius 1 is 1.46 bits per heavy atom. The number of pyridine rings is 1. The van der Waals surface area contributed by atoms with E-state index in [2.05, 4.69) is 16.7 Å². The number of methoxy groups -OCH3 is 1. The van der Waals surface area contributed by atoms with Gasteiger partial charge >= 0.3 is 5.97 Å². The second kappa shape index (κ2) is 6.11. The molecule has 3 aromatic rings. The minimum atomic E-state index is -0.634. The first-order chi connectivity index (χ1) is 11.6. The van der Waals surface area contributed by atoms with Gasteiger partial charge in [-0.15, -0.1) is 6.58 Å². The van der Waals surface area contributed by atoms with Gasteiger partial charge in [0.15, 0.2) is 0 Å². The van der Waals surface area contributed by atoms with Gasteiger partial charge in [0, 0.05) is 22.8 Å². The lowest BCUT2D eigenvalue weighted by Crippen LogP contribution is -2.08. The van der Waals surface area contributed by atoms with E-state index in [1.165, 1.54) is 25.3 Å². The number of allylic oxidation sites excluding steroid dienone is 1. The highest BCUT2D eigenvalue weighted by Crippen LogP contribution is 2.31. The molecule has 0 spiro atoms. The van der Waals surface area contributed by atoms with Gasteiger partial charge in [-0.2, -0.15) is 0 Å². The number of halogens is 1. The summed E-state index contributed by atoms with van der Waals surface area (Å²) in [5.41, 5.74) is 1.68. The average Bonchev–Trinajstić information content (AvgIpc) is 2.88. The Balaban J connectivity index is 2.51. The molecule has 6 nitrogen and oxygen atoms in total. The largest absolute Gasteiger partial charge is 0.464 e. The summed E-state index contributed by atoms with van der Waals surface area (Å²) < 4.78 is 20.3. The van der Waals surface area contributed by atoms with E-state index < -0.39 is 11.8 Å². The fourth-order valence-corrected chi connectivity index (χ4v) is 2.80. The molecule has 122 valence electrons. The average molecular weight is 327 g/mol. The molecule has 2 heterocycles. The standard InChI is InChI=1S/C17H14FN3O3/c1-3-6-21-15-5-4-10(18)7-11(15)12-8-13(17(22)24-2)20-14(9-19-23)16(12)21/h3-5,7-9,23H,1,6H2,2H3/b19-9+. The van der Waals surface area contributed by atoms with E-state index in [-0.39, 0.29) is 11.4 Å². The molecule has 7 heteroatoms. The topological polar surface area (TPSA) is 76.7 Å². The highest BCUT2D eigenvalue weighted by molar-refractivity contribution is 6.13. The van der Waals surface area contributed by atoms with Gasteiger partial charge in [0.05, 0.1) is 18.8 Å². The zero-order valence-corrected chi connectivity index (χ0v) is 12.9. The van der Waals surface area contributed by atoms with Gasteiger partial charge in [-0.1, -0.05) is 11.2 Å². The molecule has 3 rings (SSSR count). The first-order valence-corrected chi connectivity index (χ1v) is 7.09. The Kier molecular flexibility index (Phi) is 3.99. The van der Waals surface area contributed by atoms with E-state index in [0.717, 1.165) is 11.7 Å². The second-order valence-corrected chi connectivity index (χ2v) is 5.09. The monoisotopic (exact) mass is 327 g/mol. The van der Waals surface area contributed by atoms with Gasteiger partial charge in [0.25, 0.3) is 0 Å². The van der Waals surface area contributed by atoms with Crippen molar-refractivity contribution in [3.63, 3.8) is 0 Å². The van der Waals surface area contributed by atoms with Crippen LogP contribution in [-0.2, 0) is 11.3 Å². The number of nitrogens with zero attached hydrogens (tertiary/aromatic N) is 3. The van der Waals surface area contributed by atoms with Crippen LogP contribution in [0.3, 0.4) is 0 Å². The summed E-state index contributed by atoms with van der Waals surface area (Å²) in [6.45, 7) is 4.17. The SMILES string of the molecule is C=CCn1c2ccc(F)cc2c2cc(C(=O)OC)nc(/C=N/O)c21. The molecule has 0 fully saturated rings. The normalized spacial score (nSPS) is 11.4. The zero-order chi connectivity index (χ0) is 17.3. The molecule has 0 amide bonds. The Bertz CT molecular complexity index is 992. The zero-order valence-electron chi connectivity index (χ0n) is 12.9. The molecule has 1 N–H and O–H groups in total. The number of oxime groups is 1. The third kappa shape index (κ3) is 2.40. The van der Waals surface area contributed by atoms with Crippen LogP contribution in [0.2, 0.25) is 0 Å². The van der Waals surface area contributed by atoms with Crippen LogP contribution in [-0.4, -0.2) is 34.1 Å². The second-order valence-electron chi connectivity index (χ2n) is 5.09. The van der Waals surface area contributed by atoms with Crippen molar-refractivity contribution >= 4 is 34.0 Å². The number of esters is 1. The molecular weight excluding hydrogens is 313 g/mol. The van der Waals surface area contributed by atoms with Crippen molar-refractivity contribution in [3.8, 4) is 0 Å². The minimum absolute atomic E-state index is 0.0433. The van der Waals surface area contributed by atoms with Crippen LogP contribution in [0.15, 0.2) is 42.1 Å². The lowest BCUT2D eigenvalue weighted by molar-refractivity contribution is 0.0594. The summed E-state index contributed by atoms with van der Waals surface area (Å²) in [6.07, 6.45) is 2.82. The van der Waals surface area contributed by atoms with Gasteiger partial charge in [0.2, 0.25) is 0 Å². The number of carbonyl (C=O) groups excluding carboxylic acids is 1. The summed E-state index contributed by atoms with van der Waals surface area (Å²) in [7, 11) is 1.24. The van der Waals surface area contributed by atoms with E-state index in [1.54, 1.807) is 12.1 Å². The number of ether oxygens (including phenoxy) is 1. The lowest BCUT2D eigenvalue weighted by atomic mass is 10.1. The van der Waals surface area contributed by atoms with Crippen molar-refractivity contribution in [2.24, 2.45) is 5.16 Å². The van der Waals surface area contributed by atoms with E-state index >= 15 is 0 Å². The van der Waals surface area contributed by atoms with Crippen LogP contribution in [0.4, 0.5) is 4.39 Å². The van der Waals surface area contributed by atoms with Crippen molar-refractivity contribution < 1.29 is 19.1 Å². The molecule has 0 unspecified atom stereocenters. The summed E-state index contributed by atoms with van der Waals surface area (Å²) in [4.78, 5) is 16.0. The maximum Gasteiger partial charge on any atom is 0.356 e. The Morgan fingerprint density at radius 3 is 2.92 bits per heavy atom. The maximum absolute atomic E-state index is 13.7.